The molecular formula is C13F24. The van der Waals surface area contributed by atoms with Crippen LogP contribution in [0.25, 0.3) is 0 Å². The number of allylic oxidation sites excluding steroid dienone is 2. The van der Waals surface area contributed by atoms with Gasteiger partial charge in [-0.3, -0.25) is 0 Å². The van der Waals surface area contributed by atoms with Crippen molar-refractivity contribution in [2.75, 3.05) is 0 Å². The smallest absolute Gasteiger partial charge is 0.205 e. The summed E-state index contributed by atoms with van der Waals surface area (Å²) in [7, 11) is 0. The van der Waals surface area contributed by atoms with Crippen LogP contribution in [0.2, 0.25) is 0 Å². The summed E-state index contributed by atoms with van der Waals surface area (Å²) in [6.45, 7) is 0. The predicted octanol–water partition coefficient (Wildman–Crippen LogP) is 8.34. The van der Waals surface area contributed by atoms with Gasteiger partial charge >= 0.3 is 60.0 Å². The Hall–Kier alpha value is -1.94. The fraction of sp³-hybridized carbons (Fsp3) is 0.846. The van der Waals surface area contributed by atoms with Crippen molar-refractivity contribution in [1.29, 1.82) is 0 Å². The minimum Gasteiger partial charge on any atom is -0.205 e. The minimum absolute atomic E-state index is 6.06. The highest BCUT2D eigenvalue weighted by molar-refractivity contribution is 5.45. The van der Waals surface area contributed by atoms with Crippen LogP contribution in [0.1, 0.15) is 0 Å². The van der Waals surface area contributed by atoms with Crippen LogP contribution in [0.3, 0.4) is 0 Å². The fourth-order valence-electron chi connectivity index (χ4n) is 3.02. The van der Waals surface area contributed by atoms with Crippen LogP contribution < -0.4 is 0 Å². The van der Waals surface area contributed by atoms with Gasteiger partial charge in [-0.25, -0.2) is 4.39 Å². The molecule has 1 rings (SSSR count). The van der Waals surface area contributed by atoms with Crippen LogP contribution in [0.5, 0.6) is 0 Å². The van der Waals surface area contributed by atoms with E-state index in [-0.39, 0.29) is 0 Å². The van der Waals surface area contributed by atoms with Gasteiger partial charge in [0.2, 0.25) is 5.41 Å². The molecule has 0 heterocycles. The van der Waals surface area contributed by atoms with Crippen LogP contribution in [0.4, 0.5) is 105 Å². The molecule has 0 aliphatic heterocycles. The molecule has 0 spiro atoms. The van der Waals surface area contributed by atoms with Gasteiger partial charge in [-0.15, -0.1) is 0 Å². The minimum atomic E-state index is -9.79. The van der Waals surface area contributed by atoms with E-state index in [1.807, 2.05) is 0 Å². The van der Waals surface area contributed by atoms with Gasteiger partial charge in [-0.2, -0.15) is 101 Å². The second-order valence-corrected chi connectivity index (χ2v) is 6.95. The van der Waals surface area contributed by atoms with E-state index in [1.165, 1.54) is 0 Å². The summed E-state index contributed by atoms with van der Waals surface area (Å²) in [5, 5.41) is 0. The van der Waals surface area contributed by atoms with Crippen molar-refractivity contribution in [2.45, 2.75) is 60.0 Å². The van der Waals surface area contributed by atoms with Crippen molar-refractivity contribution < 1.29 is 105 Å². The lowest BCUT2D eigenvalue weighted by atomic mass is 9.61. The molecule has 1 atom stereocenters. The molecule has 1 aliphatic rings. The molecule has 0 saturated carbocycles. The number of hydrogen-bond donors (Lipinski definition) is 0. The lowest BCUT2D eigenvalue weighted by molar-refractivity contribution is -0.471. The first-order chi connectivity index (χ1) is 15.5. The summed E-state index contributed by atoms with van der Waals surface area (Å²) >= 11 is 0. The first-order valence-electron chi connectivity index (χ1n) is 7.79. The molecule has 1 unspecified atom stereocenters. The quantitative estimate of drug-likeness (QED) is 0.280. The van der Waals surface area contributed by atoms with Crippen LogP contribution in [-0.2, 0) is 0 Å². The van der Waals surface area contributed by atoms with Gasteiger partial charge < -0.3 is 0 Å². The summed E-state index contributed by atoms with van der Waals surface area (Å²) in [5.74, 6) is -68.3. The molecule has 0 radical (unpaired) electrons. The summed E-state index contributed by atoms with van der Waals surface area (Å²) in [6, 6.07) is 0. The summed E-state index contributed by atoms with van der Waals surface area (Å²) in [6.07, 6.45) is -26.7. The van der Waals surface area contributed by atoms with Crippen molar-refractivity contribution in [2.24, 2.45) is 5.41 Å². The third kappa shape index (κ3) is 3.43. The third-order valence-electron chi connectivity index (χ3n) is 4.84. The molecule has 37 heavy (non-hydrogen) atoms. The maximum atomic E-state index is 14.2. The lowest BCUT2D eigenvalue weighted by Gasteiger charge is -2.53. The Bertz CT molecular complexity index is 935. The van der Waals surface area contributed by atoms with Crippen molar-refractivity contribution in [3.63, 3.8) is 0 Å². The third-order valence-corrected chi connectivity index (χ3v) is 4.84. The standard InChI is InChI=1S/C13F24/c14-2-1(4(15,16)8(23,24)9(25,26)5(2,17)18)3(11(29,30)31,7(21,22)12(32,33)34)6(19,20)10(27,28)13(35,36)37. The van der Waals surface area contributed by atoms with E-state index < -0.39 is 76.8 Å². The number of halogens is 24. The molecule has 220 valence electrons. The Morgan fingerprint density at radius 3 is 0.946 bits per heavy atom. The van der Waals surface area contributed by atoms with E-state index in [0.29, 0.717) is 0 Å². The Labute approximate surface area is 183 Å². The highest BCUT2D eigenvalue weighted by Gasteiger charge is 3.01. The molecule has 0 bridgehead atoms. The first-order valence-corrected chi connectivity index (χ1v) is 7.79. The second kappa shape index (κ2) is 7.58. The van der Waals surface area contributed by atoms with Crippen LogP contribution in [0, 0.1) is 5.41 Å². The second-order valence-electron chi connectivity index (χ2n) is 6.95. The van der Waals surface area contributed by atoms with E-state index in [9.17, 15) is 105 Å². The van der Waals surface area contributed by atoms with Gasteiger partial charge in [0.1, 0.15) is 0 Å². The van der Waals surface area contributed by atoms with Crippen molar-refractivity contribution >= 4 is 0 Å². The monoisotopic (exact) mass is 612 g/mol. The highest BCUT2D eigenvalue weighted by atomic mass is 19.4. The SMILES string of the molecule is FC1=C(C(C(F)(F)F)(C(F)(F)C(F)(F)F)C(F)(F)C(F)(F)C(F)(F)F)C(F)(F)C(F)(F)C(F)(F)C1(F)F. The zero-order chi connectivity index (χ0) is 30.7. The topological polar surface area (TPSA) is 0 Å². The maximum absolute atomic E-state index is 14.2. The molecule has 0 aromatic heterocycles. The fourth-order valence-corrected chi connectivity index (χ4v) is 3.02. The molecule has 1 aliphatic carbocycles. The number of hydrogen-bond acceptors (Lipinski definition) is 0. The average Bonchev–Trinajstić information content (AvgIpc) is 2.60. The van der Waals surface area contributed by atoms with Gasteiger partial charge in [0.15, 0.2) is 5.83 Å². The Morgan fingerprint density at radius 2 is 0.676 bits per heavy atom. The van der Waals surface area contributed by atoms with Gasteiger partial charge in [0.25, 0.3) is 0 Å². The van der Waals surface area contributed by atoms with E-state index >= 15 is 0 Å². The normalized spacial score (nSPS) is 24.6. The zero-order valence-electron chi connectivity index (χ0n) is 15.6. The molecule has 0 nitrogen and oxygen atoms in total. The van der Waals surface area contributed by atoms with Crippen molar-refractivity contribution in [3.8, 4) is 0 Å². The highest BCUT2D eigenvalue weighted by Crippen LogP contribution is 2.76. The number of alkyl halides is 23. The molecular weight excluding hydrogens is 612 g/mol. The van der Waals surface area contributed by atoms with Crippen LogP contribution >= 0.6 is 0 Å². The molecule has 0 aromatic rings. The molecule has 0 saturated heterocycles. The van der Waals surface area contributed by atoms with Gasteiger partial charge in [-0.05, 0) is 0 Å². The van der Waals surface area contributed by atoms with E-state index in [1.54, 1.807) is 0 Å². The van der Waals surface area contributed by atoms with E-state index in [2.05, 4.69) is 0 Å². The average molecular weight is 612 g/mol. The van der Waals surface area contributed by atoms with E-state index in [4.69, 9.17) is 0 Å². The van der Waals surface area contributed by atoms with E-state index in [0.717, 1.165) is 0 Å². The van der Waals surface area contributed by atoms with Gasteiger partial charge in [0.05, 0.1) is 5.57 Å². The lowest BCUT2D eigenvalue weighted by Crippen LogP contribution is -2.79. The Kier molecular flexibility index (Phi) is 6.78. The molecule has 0 amide bonds. The van der Waals surface area contributed by atoms with Crippen LogP contribution in [0.15, 0.2) is 11.4 Å². The van der Waals surface area contributed by atoms with Crippen LogP contribution in [-0.4, -0.2) is 60.0 Å². The van der Waals surface area contributed by atoms with Crippen molar-refractivity contribution in [1.82, 2.24) is 0 Å². The number of rotatable bonds is 4. The maximum Gasteiger partial charge on any atom is 0.459 e. The summed E-state index contributed by atoms with van der Waals surface area (Å²) < 4.78 is 320. The zero-order valence-corrected chi connectivity index (χ0v) is 15.6. The molecule has 0 N–H and O–H groups in total. The van der Waals surface area contributed by atoms with Crippen molar-refractivity contribution in [3.05, 3.63) is 11.4 Å². The van der Waals surface area contributed by atoms with Gasteiger partial charge in [-0.1, -0.05) is 0 Å². The Balaban J connectivity index is 4.89. The largest absolute Gasteiger partial charge is 0.459 e. The molecule has 24 heteroatoms. The Morgan fingerprint density at radius 1 is 0.378 bits per heavy atom. The summed E-state index contributed by atoms with van der Waals surface area (Å²) in [5.41, 5.74) is -16.4. The first kappa shape index (κ1) is 33.1. The predicted molar refractivity (Wildman–Crippen MR) is 63.4 cm³/mol. The molecule has 0 fully saturated rings. The van der Waals surface area contributed by atoms with Gasteiger partial charge in [0, 0.05) is 0 Å². The summed E-state index contributed by atoms with van der Waals surface area (Å²) in [4.78, 5) is 0. The molecule has 0 aromatic carbocycles.